The molecular formula is C19H16N2O2. The van der Waals surface area contributed by atoms with Crippen molar-refractivity contribution in [3.05, 3.63) is 83.9 Å². The van der Waals surface area contributed by atoms with Crippen molar-refractivity contribution in [2.24, 2.45) is 0 Å². The van der Waals surface area contributed by atoms with Crippen LogP contribution < -0.4 is 16.2 Å². The smallest absolute Gasteiger partial charge is 0.196 e. The molecule has 0 fully saturated rings. The van der Waals surface area contributed by atoms with Crippen LogP contribution in [0.3, 0.4) is 0 Å². The molecule has 0 aromatic heterocycles. The molecule has 0 radical (unpaired) electrons. The molecule has 23 heavy (non-hydrogen) atoms. The Hall–Kier alpha value is -3.27. The van der Waals surface area contributed by atoms with Gasteiger partial charge in [-0.25, -0.2) is 0 Å². The minimum atomic E-state index is -0.115. The van der Waals surface area contributed by atoms with Gasteiger partial charge in [-0.3, -0.25) is 4.79 Å². The fourth-order valence-corrected chi connectivity index (χ4v) is 2.20. The Morgan fingerprint density at radius 1 is 0.739 bits per heavy atom. The van der Waals surface area contributed by atoms with Crippen LogP contribution in [0.5, 0.6) is 11.5 Å². The Balaban J connectivity index is 1.92. The monoisotopic (exact) mass is 304 g/mol. The van der Waals surface area contributed by atoms with E-state index in [4.69, 9.17) is 16.2 Å². The number of ether oxygens (including phenoxy) is 1. The molecule has 0 saturated heterocycles. The topological polar surface area (TPSA) is 78.3 Å². The number of para-hydroxylation sites is 1. The van der Waals surface area contributed by atoms with E-state index in [9.17, 15) is 4.79 Å². The van der Waals surface area contributed by atoms with Crippen LogP contribution in [0.15, 0.2) is 72.8 Å². The van der Waals surface area contributed by atoms with Gasteiger partial charge in [-0.15, -0.1) is 0 Å². The molecule has 0 saturated carbocycles. The van der Waals surface area contributed by atoms with Crippen LogP contribution in [0, 0.1) is 0 Å². The molecule has 4 N–H and O–H groups in total. The first-order valence-corrected chi connectivity index (χ1v) is 7.16. The lowest BCUT2D eigenvalue weighted by atomic mass is 10.0. The molecule has 0 atom stereocenters. The predicted molar refractivity (Wildman–Crippen MR) is 91.7 cm³/mol. The van der Waals surface area contributed by atoms with Gasteiger partial charge in [0.25, 0.3) is 0 Å². The van der Waals surface area contributed by atoms with Crippen LogP contribution in [0.4, 0.5) is 11.4 Å². The molecule has 3 rings (SSSR count). The highest BCUT2D eigenvalue weighted by Crippen LogP contribution is 2.27. The van der Waals surface area contributed by atoms with Crippen LogP contribution in [0.2, 0.25) is 0 Å². The van der Waals surface area contributed by atoms with E-state index in [1.54, 1.807) is 66.7 Å². The third kappa shape index (κ3) is 3.32. The van der Waals surface area contributed by atoms with Crippen molar-refractivity contribution in [1.29, 1.82) is 0 Å². The van der Waals surface area contributed by atoms with Gasteiger partial charge in [0.05, 0.1) is 5.56 Å². The standard InChI is InChI=1S/C19H16N2O2/c20-14-7-5-13(6-8-14)19(22)17-3-1-2-4-18(17)23-16-11-9-15(21)10-12-16/h1-12H,20-21H2. The number of carbonyl (C=O) groups excluding carboxylic acids is 1. The first kappa shape index (κ1) is 14.7. The molecule has 0 aliphatic heterocycles. The molecule has 4 heteroatoms. The van der Waals surface area contributed by atoms with Gasteiger partial charge in [0, 0.05) is 16.9 Å². The summed E-state index contributed by atoms with van der Waals surface area (Å²) in [6.45, 7) is 0. The molecule has 0 aliphatic rings. The van der Waals surface area contributed by atoms with Crippen LogP contribution in [-0.2, 0) is 0 Å². The second kappa shape index (κ2) is 6.23. The van der Waals surface area contributed by atoms with Crippen molar-refractivity contribution in [3.63, 3.8) is 0 Å². The summed E-state index contributed by atoms with van der Waals surface area (Å²) in [5.41, 5.74) is 13.7. The summed E-state index contributed by atoms with van der Waals surface area (Å²) >= 11 is 0. The Bertz CT molecular complexity index is 825. The Morgan fingerprint density at radius 3 is 1.96 bits per heavy atom. The number of carbonyl (C=O) groups is 1. The third-order valence-corrected chi connectivity index (χ3v) is 3.41. The second-order valence-corrected chi connectivity index (χ2v) is 5.12. The van der Waals surface area contributed by atoms with E-state index in [0.29, 0.717) is 34.0 Å². The van der Waals surface area contributed by atoms with Crippen LogP contribution in [0.1, 0.15) is 15.9 Å². The molecule has 0 spiro atoms. The van der Waals surface area contributed by atoms with E-state index in [-0.39, 0.29) is 5.78 Å². The summed E-state index contributed by atoms with van der Waals surface area (Å²) in [5, 5.41) is 0. The summed E-state index contributed by atoms with van der Waals surface area (Å²) in [6.07, 6.45) is 0. The number of ketones is 1. The van der Waals surface area contributed by atoms with E-state index in [1.165, 1.54) is 0 Å². The highest BCUT2D eigenvalue weighted by molar-refractivity contribution is 6.10. The number of hydrogen-bond donors (Lipinski definition) is 2. The SMILES string of the molecule is Nc1ccc(Oc2ccccc2C(=O)c2ccc(N)cc2)cc1. The summed E-state index contributed by atoms with van der Waals surface area (Å²) in [7, 11) is 0. The highest BCUT2D eigenvalue weighted by atomic mass is 16.5. The van der Waals surface area contributed by atoms with Crippen molar-refractivity contribution in [2.75, 3.05) is 11.5 Å². The van der Waals surface area contributed by atoms with Gasteiger partial charge >= 0.3 is 0 Å². The van der Waals surface area contributed by atoms with Gasteiger partial charge in [-0.1, -0.05) is 12.1 Å². The zero-order valence-corrected chi connectivity index (χ0v) is 12.4. The van der Waals surface area contributed by atoms with Crippen molar-refractivity contribution < 1.29 is 9.53 Å². The lowest BCUT2D eigenvalue weighted by molar-refractivity contribution is 0.103. The molecule has 0 heterocycles. The normalized spacial score (nSPS) is 10.3. The maximum Gasteiger partial charge on any atom is 0.196 e. The van der Waals surface area contributed by atoms with E-state index in [1.807, 2.05) is 6.07 Å². The predicted octanol–water partition coefficient (Wildman–Crippen LogP) is 3.87. The van der Waals surface area contributed by atoms with Crippen molar-refractivity contribution in [1.82, 2.24) is 0 Å². The fourth-order valence-electron chi connectivity index (χ4n) is 2.20. The lowest BCUT2D eigenvalue weighted by Crippen LogP contribution is -2.03. The average molecular weight is 304 g/mol. The van der Waals surface area contributed by atoms with E-state index >= 15 is 0 Å². The molecule has 0 bridgehead atoms. The minimum Gasteiger partial charge on any atom is -0.457 e. The Labute approximate surface area is 134 Å². The second-order valence-electron chi connectivity index (χ2n) is 5.12. The van der Waals surface area contributed by atoms with Gasteiger partial charge in [0.2, 0.25) is 0 Å². The Kier molecular flexibility index (Phi) is 3.97. The number of hydrogen-bond acceptors (Lipinski definition) is 4. The molecule has 114 valence electrons. The minimum absolute atomic E-state index is 0.115. The molecule has 4 nitrogen and oxygen atoms in total. The number of rotatable bonds is 4. The molecule has 3 aromatic carbocycles. The van der Waals surface area contributed by atoms with Gasteiger partial charge < -0.3 is 16.2 Å². The van der Waals surface area contributed by atoms with Crippen molar-refractivity contribution in [3.8, 4) is 11.5 Å². The van der Waals surface area contributed by atoms with Crippen molar-refractivity contribution in [2.45, 2.75) is 0 Å². The molecule has 0 amide bonds. The van der Waals surface area contributed by atoms with Crippen LogP contribution in [0.25, 0.3) is 0 Å². The Morgan fingerprint density at radius 2 is 1.30 bits per heavy atom. The summed E-state index contributed by atoms with van der Waals surface area (Å²) in [4.78, 5) is 12.7. The van der Waals surface area contributed by atoms with Gasteiger partial charge in [-0.2, -0.15) is 0 Å². The van der Waals surface area contributed by atoms with Gasteiger partial charge in [-0.05, 0) is 60.7 Å². The maximum absolute atomic E-state index is 12.7. The van der Waals surface area contributed by atoms with Crippen LogP contribution in [-0.4, -0.2) is 5.78 Å². The average Bonchev–Trinajstić information content (AvgIpc) is 2.57. The van der Waals surface area contributed by atoms with Gasteiger partial charge in [0.1, 0.15) is 11.5 Å². The third-order valence-electron chi connectivity index (χ3n) is 3.41. The molecular weight excluding hydrogens is 288 g/mol. The number of benzene rings is 3. The first-order chi connectivity index (χ1) is 11.1. The molecule has 0 aliphatic carbocycles. The van der Waals surface area contributed by atoms with Gasteiger partial charge in [0.15, 0.2) is 5.78 Å². The number of anilines is 2. The largest absolute Gasteiger partial charge is 0.457 e. The quantitative estimate of drug-likeness (QED) is 0.566. The first-order valence-electron chi connectivity index (χ1n) is 7.16. The van der Waals surface area contributed by atoms with E-state index in [0.717, 1.165) is 0 Å². The number of nitrogen functional groups attached to an aromatic ring is 2. The molecule has 3 aromatic rings. The molecule has 0 unspecified atom stereocenters. The zero-order valence-electron chi connectivity index (χ0n) is 12.4. The fraction of sp³-hybridized carbons (Fsp3) is 0. The highest BCUT2D eigenvalue weighted by Gasteiger charge is 2.14. The summed E-state index contributed by atoms with van der Waals surface area (Å²) in [6, 6.07) is 21.0. The summed E-state index contributed by atoms with van der Waals surface area (Å²) < 4.78 is 5.83. The van der Waals surface area contributed by atoms with Crippen molar-refractivity contribution >= 4 is 17.2 Å². The summed E-state index contributed by atoms with van der Waals surface area (Å²) in [5.74, 6) is 1.01. The lowest BCUT2D eigenvalue weighted by Gasteiger charge is -2.11. The van der Waals surface area contributed by atoms with Crippen LogP contribution >= 0.6 is 0 Å². The van der Waals surface area contributed by atoms with E-state index < -0.39 is 0 Å². The van der Waals surface area contributed by atoms with E-state index in [2.05, 4.69) is 0 Å². The maximum atomic E-state index is 12.7. The number of nitrogens with two attached hydrogens (primary N) is 2. The zero-order chi connectivity index (χ0) is 16.2.